The summed E-state index contributed by atoms with van der Waals surface area (Å²) in [7, 11) is -4.31. The van der Waals surface area contributed by atoms with Crippen LogP contribution in [0.3, 0.4) is 0 Å². The fraction of sp³-hybridized carbons (Fsp3) is 0.364. The van der Waals surface area contributed by atoms with Crippen LogP contribution in [0.15, 0.2) is 65.6 Å². The molecule has 0 aliphatic carbocycles. The van der Waals surface area contributed by atoms with Crippen LogP contribution in [-0.4, -0.2) is 32.7 Å². The van der Waals surface area contributed by atoms with Crippen molar-refractivity contribution in [3.63, 3.8) is 0 Å². The molecule has 3 aromatic rings. The molecule has 3 rings (SSSR count). The van der Waals surface area contributed by atoms with Gasteiger partial charge in [-0.25, -0.2) is 13.1 Å². The van der Waals surface area contributed by atoms with Gasteiger partial charge in [0.1, 0.15) is 4.90 Å². The molecule has 3 aromatic carbocycles. The molecule has 0 aliphatic heterocycles. The topological polar surface area (TPSA) is 133 Å². The number of carbonyl (C=O) groups is 3. The van der Waals surface area contributed by atoms with Crippen molar-refractivity contribution in [2.75, 3.05) is 22.5 Å². The van der Waals surface area contributed by atoms with E-state index in [4.69, 9.17) is 0 Å². The van der Waals surface area contributed by atoms with E-state index in [1.54, 1.807) is 6.07 Å². The van der Waals surface area contributed by atoms with Gasteiger partial charge in [0.15, 0.2) is 0 Å². The lowest BCUT2D eigenvalue weighted by atomic mass is 10.0. The van der Waals surface area contributed by atoms with E-state index < -0.39 is 39.5 Å². The smallest absolute Gasteiger partial charge is 0.383 e. The zero-order valence-electron chi connectivity index (χ0n) is 26.2. The molecule has 0 saturated carbocycles. The number of anilines is 3. The number of hydrogen-bond donors (Lipinski definition) is 4. The largest absolute Gasteiger partial charge is 0.416 e. The minimum absolute atomic E-state index is 0.0285. The van der Waals surface area contributed by atoms with E-state index in [-0.39, 0.29) is 39.4 Å². The van der Waals surface area contributed by atoms with Crippen LogP contribution in [0, 0.1) is 12.8 Å². The molecular formula is C33H39F3N4O5S. The van der Waals surface area contributed by atoms with Gasteiger partial charge in [-0.15, -0.1) is 0 Å². The van der Waals surface area contributed by atoms with Crippen LogP contribution in [0.5, 0.6) is 0 Å². The molecule has 13 heteroatoms. The maximum Gasteiger partial charge on any atom is 0.416 e. The van der Waals surface area contributed by atoms with Crippen molar-refractivity contribution in [1.82, 2.24) is 4.72 Å². The first-order valence-electron chi connectivity index (χ1n) is 14.9. The summed E-state index contributed by atoms with van der Waals surface area (Å²) in [5.41, 5.74) is -0.418. The van der Waals surface area contributed by atoms with E-state index in [1.165, 1.54) is 49.4 Å². The normalized spacial score (nSPS) is 11.7. The van der Waals surface area contributed by atoms with E-state index in [0.717, 1.165) is 31.4 Å². The fourth-order valence-electron chi connectivity index (χ4n) is 4.50. The Bertz CT molecular complexity index is 1670. The average molecular weight is 661 g/mol. The first-order valence-corrected chi connectivity index (χ1v) is 16.4. The van der Waals surface area contributed by atoms with Crippen LogP contribution in [0.25, 0.3) is 0 Å². The Morgan fingerprint density at radius 1 is 0.826 bits per heavy atom. The Kier molecular flexibility index (Phi) is 12.4. The van der Waals surface area contributed by atoms with Crippen LogP contribution < -0.4 is 20.7 Å². The minimum Gasteiger partial charge on any atom is -0.383 e. The van der Waals surface area contributed by atoms with Crippen molar-refractivity contribution in [2.45, 2.75) is 70.9 Å². The van der Waals surface area contributed by atoms with E-state index >= 15 is 0 Å². The second-order valence-electron chi connectivity index (χ2n) is 11.3. The molecule has 3 amide bonds. The number of halogens is 3. The third-order valence-corrected chi connectivity index (χ3v) is 8.35. The van der Waals surface area contributed by atoms with Gasteiger partial charge in [0, 0.05) is 24.1 Å². The molecule has 0 atom stereocenters. The van der Waals surface area contributed by atoms with Gasteiger partial charge < -0.3 is 16.0 Å². The Hall–Kier alpha value is -4.39. The maximum absolute atomic E-state index is 13.4. The first kappa shape index (κ1) is 36.1. The minimum atomic E-state index is -4.65. The summed E-state index contributed by atoms with van der Waals surface area (Å²) in [4.78, 5) is 38.5. The van der Waals surface area contributed by atoms with Gasteiger partial charge in [-0.2, -0.15) is 13.2 Å². The van der Waals surface area contributed by atoms with Crippen LogP contribution in [0.4, 0.5) is 30.2 Å². The molecule has 9 nitrogen and oxygen atoms in total. The van der Waals surface area contributed by atoms with Crippen molar-refractivity contribution < 1.29 is 36.0 Å². The molecule has 0 unspecified atom stereocenters. The third kappa shape index (κ3) is 10.3. The van der Waals surface area contributed by atoms with Crippen LogP contribution in [-0.2, 0) is 21.0 Å². The maximum atomic E-state index is 13.4. The number of aryl methyl sites for hydroxylation is 1. The molecule has 0 spiro atoms. The van der Waals surface area contributed by atoms with Gasteiger partial charge in [-0.3, -0.25) is 14.4 Å². The standard InChI is InChI=1S/C33H39F3N4O5S/c1-5-6-7-12-30(41)40-46(44,45)29-11-9-8-10-27(29)38-31(42)23-13-14-26(37-16-15-21(2)3)28(20-23)39-32(43)24-17-22(4)18-25(19-24)33(34,35)36/h8-11,13-14,17-21,37H,5-7,12,15-16H2,1-4H3,(H,38,42)(H,39,43)(H,40,41). The molecule has 0 bridgehead atoms. The summed E-state index contributed by atoms with van der Waals surface area (Å²) < 4.78 is 68.3. The summed E-state index contributed by atoms with van der Waals surface area (Å²) in [5.74, 6) is -1.84. The Balaban J connectivity index is 1.90. The van der Waals surface area contributed by atoms with Crippen molar-refractivity contribution in [3.05, 3.63) is 82.9 Å². The second-order valence-corrected chi connectivity index (χ2v) is 13.0. The summed E-state index contributed by atoms with van der Waals surface area (Å²) in [6.45, 7) is 7.99. The summed E-state index contributed by atoms with van der Waals surface area (Å²) in [6.07, 6.45) is -1.67. The highest BCUT2D eigenvalue weighted by Crippen LogP contribution is 2.32. The first-order chi connectivity index (χ1) is 21.6. The van der Waals surface area contributed by atoms with Gasteiger partial charge >= 0.3 is 6.18 Å². The lowest BCUT2D eigenvalue weighted by molar-refractivity contribution is -0.137. The average Bonchev–Trinajstić information content (AvgIpc) is 2.97. The third-order valence-electron chi connectivity index (χ3n) is 6.91. The highest BCUT2D eigenvalue weighted by molar-refractivity contribution is 7.90. The lowest BCUT2D eigenvalue weighted by Crippen LogP contribution is -2.31. The predicted molar refractivity (Wildman–Crippen MR) is 172 cm³/mol. The quantitative estimate of drug-likeness (QED) is 0.134. The number of sulfonamides is 1. The number of benzene rings is 3. The zero-order valence-corrected chi connectivity index (χ0v) is 27.0. The Morgan fingerprint density at radius 3 is 2.17 bits per heavy atom. The summed E-state index contributed by atoms with van der Waals surface area (Å²) >= 11 is 0. The van der Waals surface area contributed by atoms with Gasteiger partial charge in [0.2, 0.25) is 5.91 Å². The molecule has 4 N–H and O–H groups in total. The van der Waals surface area contributed by atoms with E-state index in [1.807, 2.05) is 25.5 Å². The number of amides is 3. The van der Waals surface area contributed by atoms with Gasteiger partial charge in [0.05, 0.1) is 22.6 Å². The number of carbonyl (C=O) groups excluding carboxylic acids is 3. The van der Waals surface area contributed by atoms with E-state index in [0.29, 0.717) is 24.6 Å². The monoisotopic (exact) mass is 660 g/mol. The molecule has 0 aliphatic rings. The van der Waals surface area contributed by atoms with Crippen molar-refractivity contribution in [2.24, 2.45) is 5.92 Å². The SMILES string of the molecule is CCCCCC(=O)NS(=O)(=O)c1ccccc1NC(=O)c1ccc(NCCC(C)C)c(NC(=O)c2cc(C)cc(C(F)(F)F)c2)c1. The second kappa shape index (κ2) is 15.7. The highest BCUT2D eigenvalue weighted by Gasteiger charge is 2.31. The highest BCUT2D eigenvalue weighted by atomic mass is 32.2. The van der Waals surface area contributed by atoms with Crippen molar-refractivity contribution >= 4 is 44.8 Å². The number of alkyl halides is 3. The lowest BCUT2D eigenvalue weighted by Gasteiger charge is -2.17. The molecule has 248 valence electrons. The molecule has 0 aromatic heterocycles. The zero-order chi connectivity index (χ0) is 34.1. The Morgan fingerprint density at radius 2 is 1.50 bits per heavy atom. The molecule has 0 fully saturated rings. The number of rotatable bonds is 14. The van der Waals surface area contributed by atoms with Gasteiger partial charge in [-0.1, -0.05) is 45.7 Å². The fourth-order valence-corrected chi connectivity index (χ4v) is 5.68. The van der Waals surface area contributed by atoms with Gasteiger partial charge in [-0.05, 0) is 79.8 Å². The van der Waals surface area contributed by atoms with Gasteiger partial charge in [0.25, 0.3) is 21.8 Å². The van der Waals surface area contributed by atoms with Crippen LogP contribution in [0.2, 0.25) is 0 Å². The molecule has 0 saturated heterocycles. The molecule has 0 heterocycles. The summed E-state index contributed by atoms with van der Waals surface area (Å²) in [6, 6.07) is 13.0. The van der Waals surface area contributed by atoms with E-state index in [9.17, 15) is 36.0 Å². The molecule has 0 radical (unpaired) electrons. The number of hydrogen-bond acceptors (Lipinski definition) is 6. The number of para-hydroxylation sites is 1. The summed E-state index contributed by atoms with van der Waals surface area (Å²) in [5, 5.41) is 8.35. The number of unbranched alkanes of at least 4 members (excludes halogenated alkanes) is 2. The molecule has 46 heavy (non-hydrogen) atoms. The predicted octanol–water partition coefficient (Wildman–Crippen LogP) is 7.36. The van der Waals surface area contributed by atoms with E-state index in [2.05, 4.69) is 16.0 Å². The van der Waals surface area contributed by atoms with Crippen molar-refractivity contribution in [1.29, 1.82) is 0 Å². The van der Waals surface area contributed by atoms with Crippen molar-refractivity contribution in [3.8, 4) is 0 Å². The molecular weight excluding hydrogens is 621 g/mol. The van der Waals surface area contributed by atoms with Crippen LogP contribution >= 0.6 is 0 Å². The van der Waals surface area contributed by atoms with Crippen LogP contribution in [0.1, 0.15) is 84.7 Å². The number of nitrogens with one attached hydrogen (secondary N) is 4. The Labute approximate surface area is 267 Å².